The molecule has 2 amide bonds. The highest BCUT2D eigenvalue weighted by molar-refractivity contribution is 5.71. The molecule has 0 radical (unpaired) electrons. The Morgan fingerprint density at radius 1 is 0.536 bits per heavy atom. The van der Waals surface area contributed by atoms with Gasteiger partial charge < -0.3 is 43.3 Å². The van der Waals surface area contributed by atoms with Crippen molar-refractivity contribution in [1.82, 2.24) is 19.6 Å². The van der Waals surface area contributed by atoms with Gasteiger partial charge >= 0.3 is 12.2 Å². The highest BCUT2D eigenvalue weighted by Gasteiger charge is 2.35. The fraction of sp³-hybridized carbons (Fsp3) is 0.643. The summed E-state index contributed by atoms with van der Waals surface area (Å²) in [6, 6.07) is 22.4. The van der Waals surface area contributed by atoms with Gasteiger partial charge in [0.05, 0.1) is 33.5 Å². The average molecular weight is 949 g/mol. The summed E-state index contributed by atoms with van der Waals surface area (Å²) in [5.41, 5.74) is 7.82. The minimum atomic E-state index is -0.305. The van der Waals surface area contributed by atoms with Crippen molar-refractivity contribution >= 4 is 23.6 Å². The van der Waals surface area contributed by atoms with E-state index in [1.54, 1.807) is 31.4 Å². The van der Waals surface area contributed by atoms with Crippen molar-refractivity contribution in [2.24, 2.45) is 0 Å². The van der Waals surface area contributed by atoms with E-state index in [0.29, 0.717) is 37.5 Å². The maximum Gasteiger partial charge on any atom is 0.415 e. The minimum Gasteiger partial charge on any atom is -0.497 e. The summed E-state index contributed by atoms with van der Waals surface area (Å²) in [5.74, 6) is 1.27. The molecule has 376 valence electrons. The summed E-state index contributed by atoms with van der Waals surface area (Å²) in [6.07, 6.45) is 10.7. The molecule has 13 heteroatoms. The predicted molar refractivity (Wildman–Crippen MR) is 272 cm³/mol. The average Bonchev–Trinajstić information content (AvgIpc) is 3.80. The van der Waals surface area contributed by atoms with Gasteiger partial charge in [0.25, 0.3) is 0 Å². The van der Waals surface area contributed by atoms with Crippen LogP contribution in [0.15, 0.2) is 60.7 Å². The van der Waals surface area contributed by atoms with Crippen molar-refractivity contribution < 1.29 is 33.3 Å². The summed E-state index contributed by atoms with van der Waals surface area (Å²) in [4.78, 5) is 40.2. The Hall–Kier alpha value is -4.56. The van der Waals surface area contributed by atoms with E-state index in [0.717, 1.165) is 117 Å². The maximum atomic E-state index is 13.1. The third-order valence-corrected chi connectivity index (χ3v) is 16.5. The molecule has 69 heavy (non-hydrogen) atoms. The van der Waals surface area contributed by atoms with Crippen molar-refractivity contribution in [3.63, 3.8) is 0 Å². The highest BCUT2D eigenvalue weighted by atomic mass is 16.6. The number of carbonyl (C=O) groups excluding carboxylic acids is 2. The molecule has 10 rings (SSSR count). The molecule has 6 heterocycles. The molecule has 0 atom stereocenters. The van der Waals surface area contributed by atoms with E-state index in [-0.39, 0.29) is 29.1 Å². The molecule has 0 aromatic heterocycles. The second kappa shape index (κ2) is 22.2. The van der Waals surface area contributed by atoms with E-state index >= 15 is 0 Å². The number of fused-ring (bicyclic) bond motifs is 2. The van der Waals surface area contributed by atoms with Crippen LogP contribution in [0.3, 0.4) is 0 Å². The number of morpholine rings is 2. The summed E-state index contributed by atoms with van der Waals surface area (Å²) in [7, 11) is 1.62. The van der Waals surface area contributed by atoms with Crippen LogP contribution in [0.1, 0.15) is 114 Å². The van der Waals surface area contributed by atoms with Crippen molar-refractivity contribution in [3.05, 3.63) is 82.9 Å². The molecule has 1 aliphatic carbocycles. The number of amides is 2. The van der Waals surface area contributed by atoms with Gasteiger partial charge in [-0.05, 0) is 146 Å². The van der Waals surface area contributed by atoms with Crippen molar-refractivity contribution in [3.8, 4) is 11.5 Å². The van der Waals surface area contributed by atoms with Crippen molar-refractivity contribution in [2.45, 2.75) is 134 Å². The van der Waals surface area contributed by atoms with E-state index in [9.17, 15) is 9.59 Å². The molecule has 4 saturated heterocycles. The fourth-order valence-electron chi connectivity index (χ4n) is 12.0. The molecular formula is C56H80N6O7. The molecular weight excluding hydrogens is 869 g/mol. The van der Waals surface area contributed by atoms with E-state index < -0.39 is 0 Å². The summed E-state index contributed by atoms with van der Waals surface area (Å²) >= 11 is 0. The zero-order valence-corrected chi connectivity index (χ0v) is 42.4. The largest absolute Gasteiger partial charge is 0.497 e. The van der Waals surface area contributed by atoms with Gasteiger partial charge in [-0.3, -0.25) is 9.80 Å². The molecule has 6 aliphatic heterocycles. The van der Waals surface area contributed by atoms with Crippen LogP contribution in [0, 0.1) is 0 Å². The number of carbonyl (C=O) groups is 2. The van der Waals surface area contributed by atoms with Gasteiger partial charge in [0.15, 0.2) is 0 Å². The van der Waals surface area contributed by atoms with Gasteiger partial charge in [0.1, 0.15) is 17.6 Å². The first-order chi connectivity index (χ1) is 33.4. The van der Waals surface area contributed by atoms with E-state index in [4.69, 9.17) is 23.7 Å². The number of ether oxygens (including phenoxy) is 5. The third kappa shape index (κ3) is 12.1. The van der Waals surface area contributed by atoms with E-state index in [1.807, 2.05) is 9.80 Å². The lowest BCUT2D eigenvalue weighted by atomic mass is 9.80. The lowest BCUT2D eigenvalue weighted by Crippen LogP contribution is -2.49. The molecule has 0 unspecified atom stereocenters. The molecule has 5 fully saturated rings. The number of benzene rings is 3. The van der Waals surface area contributed by atoms with Crippen molar-refractivity contribution in [1.29, 1.82) is 0 Å². The first kappa shape index (κ1) is 49.4. The Bertz CT molecular complexity index is 2170. The number of piperidine rings is 2. The normalized spacial score (nSPS) is 22.9. The molecule has 13 nitrogen and oxygen atoms in total. The molecule has 0 N–H and O–H groups in total. The number of nitrogens with zero attached hydrogens (tertiary/aromatic N) is 6. The first-order valence-corrected chi connectivity index (χ1v) is 26.4. The second-order valence-corrected chi connectivity index (χ2v) is 21.9. The second-order valence-electron chi connectivity index (χ2n) is 21.9. The Labute approximate surface area is 412 Å². The van der Waals surface area contributed by atoms with Crippen LogP contribution in [0.2, 0.25) is 0 Å². The van der Waals surface area contributed by atoms with Gasteiger partial charge in [-0.25, -0.2) is 9.59 Å². The quantitative estimate of drug-likeness (QED) is 0.227. The summed E-state index contributed by atoms with van der Waals surface area (Å²) < 4.78 is 27.9. The monoisotopic (exact) mass is 949 g/mol. The SMILES string of the molecule is CC1(C)CCN(C(=O)OC2CCCC2)Cc2cc(N3CCC(N4CCOCC4)CC3)ccc21.COc1ccc(OC(=O)N2CCC(C)(C)c3ccc(N4CCC(N5CCOCC5)CC4)cc3C2)cc1. The Kier molecular flexibility index (Phi) is 15.9. The standard InChI is InChI=1S/C29H39N3O4.C27H41N3O3/c1-29(2)12-15-32(28(33)36-26-7-5-25(34-3)6-8-26)21-22-20-24(4-9-27(22)29)30-13-10-23(11-14-30)31-16-18-35-19-17-31;1-27(2)11-14-30(26(31)33-24-5-3-4-6-24)20-21-19-23(7-8-25(21)27)28-12-9-22(10-13-28)29-15-17-32-18-16-29/h4-9,20,23H,10-19,21H2,1-3H3;7-8,19,22,24H,3-6,9-18,20H2,1-2H3. The van der Waals surface area contributed by atoms with Gasteiger partial charge in [-0.1, -0.05) is 39.8 Å². The summed E-state index contributed by atoms with van der Waals surface area (Å²) in [5, 5.41) is 0. The highest BCUT2D eigenvalue weighted by Crippen LogP contribution is 2.39. The van der Waals surface area contributed by atoms with Crippen LogP contribution in [0.4, 0.5) is 21.0 Å². The van der Waals surface area contributed by atoms with Gasteiger partial charge in [-0.2, -0.15) is 0 Å². The van der Waals surface area contributed by atoms with E-state index in [2.05, 4.69) is 83.7 Å². The maximum absolute atomic E-state index is 13.1. The zero-order valence-electron chi connectivity index (χ0n) is 42.4. The smallest absolute Gasteiger partial charge is 0.415 e. The van der Waals surface area contributed by atoms with Crippen LogP contribution >= 0.6 is 0 Å². The molecule has 0 spiro atoms. The Morgan fingerprint density at radius 3 is 1.42 bits per heavy atom. The lowest BCUT2D eigenvalue weighted by Gasteiger charge is -2.41. The van der Waals surface area contributed by atoms with Crippen LogP contribution in [0.5, 0.6) is 11.5 Å². The molecule has 3 aromatic carbocycles. The third-order valence-electron chi connectivity index (χ3n) is 16.5. The van der Waals surface area contributed by atoms with Crippen LogP contribution in [-0.2, 0) is 38.1 Å². The molecule has 0 bridgehead atoms. The number of hydrogen-bond donors (Lipinski definition) is 0. The van der Waals surface area contributed by atoms with Gasteiger partial charge in [0, 0.05) is 102 Å². The fourth-order valence-corrected chi connectivity index (χ4v) is 12.0. The zero-order chi connectivity index (χ0) is 48.0. The number of hydrogen-bond acceptors (Lipinski definition) is 11. The van der Waals surface area contributed by atoms with Gasteiger partial charge in [0.2, 0.25) is 0 Å². The van der Waals surface area contributed by atoms with Gasteiger partial charge in [-0.15, -0.1) is 0 Å². The molecule has 7 aliphatic rings. The predicted octanol–water partition coefficient (Wildman–Crippen LogP) is 9.23. The number of anilines is 2. The van der Waals surface area contributed by atoms with Crippen molar-refractivity contribution in [2.75, 3.05) is 109 Å². The first-order valence-electron chi connectivity index (χ1n) is 26.4. The topological polar surface area (TPSA) is 99.7 Å². The number of rotatable bonds is 7. The molecule has 3 aromatic rings. The van der Waals surface area contributed by atoms with E-state index in [1.165, 1.54) is 72.2 Å². The Morgan fingerprint density at radius 2 is 0.971 bits per heavy atom. The van der Waals surface area contributed by atoms with Crippen LogP contribution in [0.25, 0.3) is 0 Å². The molecule has 1 saturated carbocycles. The number of methoxy groups -OCH3 is 1. The lowest BCUT2D eigenvalue weighted by molar-refractivity contribution is 0.0115. The minimum absolute atomic E-state index is 0.00761. The Balaban J connectivity index is 0.000000172. The van der Waals surface area contributed by atoms with Crippen LogP contribution in [-0.4, -0.2) is 149 Å². The summed E-state index contributed by atoms with van der Waals surface area (Å²) in [6.45, 7) is 23.9. The van der Waals surface area contributed by atoms with Crippen LogP contribution < -0.4 is 19.3 Å².